The molecule has 0 radical (unpaired) electrons. The molecule has 4 aromatic rings. The Kier molecular flexibility index (Phi) is 5.46. The molecule has 29 heavy (non-hydrogen) atoms. The van der Waals surface area contributed by atoms with Gasteiger partial charge in [-0.1, -0.05) is 65.3 Å². The third kappa shape index (κ3) is 4.23. The number of aliphatic carboxylic acids is 1. The SMILES string of the molecule is O=C(O)CNCc1ccc2onc(Nc3cccc(-c4ccccc4)c3Cl)c2c1. The summed E-state index contributed by atoms with van der Waals surface area (Å²) < 4.78 is 5.40. The third-order valence-corrected chi connectivity index (χ3v) is 4.88. The van der Waals surface area contributed by atoms with Gasteiger partial charge in [0.25, 0.3) is 0 Å². The molecule has 0 saturated carbocycles. The van der Waals surface area contributed by atoms with Crippen LogP contribution in [0.1, 0.15) is 5.56 Å². The molecule has 6 nitrogen and oxygen atoms in total. The summed E-state index contributed by atoms with van der Waals surface area (Å²) in [5.74, 6) is -0.349. The highest BCUT2D eigenvalue weighted by atomic mass is 35.5. The maximum atomic E-state index is 10.7. The smallest absolute Gasteiger partial charge is 0.317 e. The number of aromatic nitrogens is 1. The second kappa shape index (κ2) is 8.34. The van der Waals surface area contributed by atoms with Gasteiger partial charge in [-0.25, -0.2) is 0 Å². The molecule has 1 aromatic heterocycles. The highest BCUT2D eigenvalue weighted by Gasteiger charge is 2.13. The van der Waals surface area contributed by atoms with Gasteiger partial charge in [-0.2, -0.15) is 0 Å². The van der Waals surface area contributed by atoms with E-state index in [1.165, 1.54) is 0 Å². The Morgan fingerprint density at radius 2 is 1.90 bits per heavy atom. The summed E-state index contributed by atoms with van der Waals surface area (Å²) >= 11 is 6.65. The summed E-state index contributed by atoms with van der Waals surface area (Å²) in [4.78, 5) is 10.7. The molecule has 0 aliphatic carbocycles. The zero-order valence-corrected chi connectivity index (χ0v) is 16.1. The van der Waals surface area contributed by atoms with E-state index in [0.717, 1.165) is 27.8 Å². The fraction of sp³-hybridized carbons (Fsp3) is 0.0909. The lowest BCUT2D eigenvalue weighted by Crippen LogP contribution is -2.21. The summed E-state index contributed by atoms with van der Waals surface area (Å²) in [6.45, 7) is 0.325. The molecule has 0 unspecified atom stereocenters. The quantitative estimate of drug-likeness (QED) is 0.396. The third-order valence-electron chi connectivity index (χ3n) is 4.48. The van der Waals surface area contributed by atoms with Gasteiger partial charge in [0.05, 0.1) is 22.6 Å². The number of fused-ring (bicyclic) bond motifs is 1. The van der Waals surface area contributed by atoms with Gasteiger partial charge >= 0.3 is 5.97 Å². The van der Waals surface area contributed by atoms with Crippen molar-refractivity contribution in [3.05, 3.63) is 77.3 Å². The van der Waals surface area contributed by atoms with E-state index < -0.39 is 5.97 Å². The number of nitrogens with zero attached hydrogens (tertiary/aromatic N) is 1. The van der Waals surface area contributed by atoms with Gasteiger partial charge in [-0.05, 0) is 29.3 Å². The lowest BCUT2D eigenvalue weighted by molar-refractivity contribution is -0.135. The highest BCUT2D eigenvalue weighted by Crippen LogP contribution is 2.36. The molecule has 146 valence electrons. The van der Waals surface area contributed by atoms with Crippen LogP contribution in [-0.4, -0.2) is 22.8 Å². The number of benzene rings is 3. The molecular formula is C22H18ClN3O3. The number of carboxylic acids is 1. The fourth-order valence-electron chi connectivity index (χ4n) is 3.10. The Balaban J connectivity index is 1.62. The van der Waals surface area contributed by atoms with Crippen LogP contribution < -0.4 is 10.6 Å². The topological polar surface area (TPSA) is 87.4 Å². The molecule has 0 saturated heterocycles. The number of hydrogen-bond acceptors (Lipinski definition) is 5. The Morgan fingerprint density at radius 1 is 1.07 bits per heavy atom. The van der Waals surface area contributed by atoms with Crippen molar-refractivity contribution in [3.8, 4) is 11.1 Å². The molecule has 4 rings (SSSR count). The Morgan fingerprint density at radius 3 is 2.69 bits per heavy atom. The van der Waals surface area contributed by atoms with E-state index in [9.17, 15) is 4.79 Å². The summed E-state index contributed by atoms with van der Waals surface area (Å²) in [6, 6.07) is 21.3. The van der Waals surface area contributed by atoms with Gasteiger partial charge in [0.1, 0.15) is 0 Å². The van der Waals surface area contributed by atoms with Gasteiger partial charge < -0.3 is 20.3 Å². The van der Waals surface area contributed by atoms with Crippen LogP contribution >= 0.6 is 11.6 Å². The van der Waals surface area contributed by atoms with E-state index in [4.69, 9.17) is 21.2 Å². The zero-order chi connectivity index (χ0) is 20.2. The van der Waals surface area contributed by atoms with E-state index in [-0.39, 0.29) is 6.54 Å². The van der Waals surface area contributed by atoms with Gasteiger partial charge in [-0.15, -0.1) is 0 Å². The molecule has 7 heteroatoms. The van der Waals surface area contributed by atoms with Gasteiger partial charge in [0, 0.05) is 12.1 Å². The first-order valence-electron chi connectivity index (χ1n) is 9.03. The first-order valence-corrected chi connectivity index (χ1v) is 9.41. The second-order valence-electron chi connectivity index (χ2n) is 6.52. The minimum absolute atomic E-state index is 0.103. The predicted octanol–water partition coefficient (Wildman–Crippen LogP) is 5.07. The van der Waals surface area contributed by atoms with Crippen LogP contribution in [0, 0.1) is 0 Å². The van der Waals surface area contributed by atoms with E-state index in [1.54, 1.807) is 0 Å². The summed E-state index contributed by atoms with van der Waals surface area (Å²) in [5.41, 5.74) is 4.22. The molecule has 3 N–H and O–H groups in total. The van der Waals surface area contributed by atoms with Crippen molar-refractivity contribution in [2.75, 3.05) is 11.9 Å². The van der Waals surface area contributed by atoms with Gasteiger partial charge in [0.2, 0.25) is 0 Å². The van der Waals surface area contributed by atoms with Crippen LogP contribution in [0.25, 0.3) is 22.1 Å². The number of rotatable bonds is 7. The molecule has 0 amide bonds. The van der Waals surface area contributed by atoms with Crippen LogP contribution in [0.15, 0.2) is 71.3 Å². The number of nitrogens with one attached hydrogen (secondary N) is 2. The van der Waals surface area contributed by atoms with Crippen molar-refractivity contribution in [1.29, 1.82) is 0 Å². The van der Waals surface area contributed by atoms with Crippen LogP contribution in [0.5, 0.6) is 0 Å². The van der Waals surface area contributed by atoms with E-state index in [1.807, 2.05) is 66.7 Å². The zero-order valence-electron chi connectivity index (χ0n) is 15.4. The Labute approximate surface area is 172 Å². The first-order chi connectivity index (χ1) is 14.1. The van der Waals surface area contributed by atoms with Crippen LogP contribution in [0.3, 0.4) is 0 Å². The molecule has 1 heterocycles. The molecule has 0 fully saturated rings. The summed E-state index contributed by atoms with van der Waals surface area (Å²) in [5, 5.41) is 20.4. The van der Waals surface area contributed by atoms with Crippen molar-refractivity contribution in [1.82, 2.24) is 10.5 Å². The van der Waals surface area contributed by atoms with Crippen molar-refractivity contribution in [2.45, 2.75) is 6.54 Å². The Bertz CT molecular complexity index is 1160. The lowest BCUT2D eigenvalue weighted by atomic mass is 10.0. The van der Waals surface area contributed by atoms with Crippen LogP contribution in [0.4, 0.5) is 11.5 Å². The van der Waals surface area contributed by atoms with E-state index in [2.05, 4.69) is 15.8 Å². The van der Waals surface area contributed by atoms with Crippen molar-refractivity contribution < 1.29 is 14.4 Å². The molecule has 0 bridgehead atoms. The number of carboxylic acid groups (broad SMARTS) is 1. The average molecular weight is 408 g/mol. The first kappa shape index (κ1) is 19.0. The predicted molar refractivity (Wildman–Crippen MR) is 114 cm³/mol. The van der Waals surface area contributed by atoms with Crippen molar-refractivity contribution >= 4 is 40.0 Å². The van der Waals surface area contributed by atoms with Crippen molar-refractivity contribution in [2.24, 2.45) is 0 Å². The normalized spacial score (nSPS) is 10.9. The van der Waals surface area contributed by atoms with Gasteiger partial charge in [0.15, 0.2) is 11.4 Å². The Hall–Kier alpha value is -3.35. The average Bonchev–Trinajstić information content (AvgIpc) is 3.12. The maximum absolute atomic E-state index is 10.7. The number of carbonyl (C=O) groups is 1. The van der Waals surface area contributed by atoms with Gasteiger partial charge in [-0.3, -0.25) is 4.79 Å². The summed E-state index contributed by atoms with van der Waals surface area (Å²) in [7, 11) is 0. The fourth-order valence-corrected chi connectivity index (χ4v) is 3.38. The van der Waals surface area contributed by atoms with E-state index in [0.29, 0.717) is 23.0 Å². The maximum Gasteiger partial charge on any atom is 0.317 e. The number of hydrogen-bond donors (Lipinski definition) is 3. The molecule has 0 aliphatic heterocycles. The van der Waals surface area contributed by atoms with Crippen molar-refractivity contribution in [3.63, 3.8) is 0 Å². The monoisotopic (exact) mass is 407 g/mol. The van der Waals surface area contributed by atoms with Crippen LogP contribution in [0.2, 0.25) is 5.02 Å². The number of halogens is 1. The summed E-state index contributed by atoms with van der Waals surface area (Å²) in [6.07, 6.45) is 0. The minimum atomic E-state index is -0.897. The van der Waals surface area contributed by atoms with Crippen LogP contribution in [-0.2, 0) is 11.3 Å². The minimum Gasteiger partial charge on any atom is -0.480 e. The lowest BCUT2D eigenvalue weighted by Gasteiger charge is -2.11. The molecule has 0 spiro atoms. The standard InChI is InChI=1S/C22H18ClN3O3/c23-21-16(15-5-2-1-3-6-15)7-4-8-18(21)25-22-17-11-14(12-24-13-20(27)28)9-10-19(17)29-26-22/h1-11,24H,12-13H2,(H,25,26)(H,27,28). The molecule has 0 atom stereocenters. The molecule has 3 aromatic carbocycles. The highest BCUT2D eigenvalue weighted by molar-refractivity contribution is 6.36. The largest absolute Gasteiger partial charge is 0.480 e. The molecular weight excluding hydrogens is 390 g/mol. The number of anilines is 2. The second-order valence-corrected chi connectivity index (χ2v) is 6.90. The van der Waals surface area contributed by atoms with E-state index >= 15 is 0 Å². The molecule has 0 aliphatic rings.